The third kappa shape index (κ3) is 1.86. The zero-order valence-corrected chi connectivity index (χ0v) is 10.7. The van der Waals surface area contributed by atoms with E-state index < -0.39 is 0 Å². The van der Waals surface area contributed by atoms with Crippen LogP contribution in [0.5, 0.6) is 0 Å². The number of likely N-dealkylation sites (tertiary alicyclic amines) is 1. The van der Waals surface area contributed by atoms with Gasteiger partial charge in [-0.15, -0.1) is 0 Å². The quantitative estimate of drug-likeness (QED) is 0.756. The van der Waals surface area contributed by atoms with Crippen LogP contribution in [0.3, 0.4) is 0 Å². The van der Waals surface area contributed by atoms with E-state index in [2.05, 4.69) is 11.9 Å². The van der Waals surface area contributed by atoms with Gasteiger partial charge in [0.1, 0.15) is 0 Å². The number of nitrogen functional groups attached to an aromatic ring is 1. The summed E-state index contributed by atoms with van der Waals surface area (Å²) in [5.41, 5.74) is 7.09. The van der Waals surface area contributed by atoms with Crippen molar-refractivity contribution < 1.29 is 4.79 Å². The number of likely N-dealkylation sites (N-methyl/N-ethyl adjacent to an activating group) is 1. The van der Waals surface area contributed by atoms with Crippen molar-refractivity contribution in [3.8, 4) is 0 Å². The first-order valence-electron chi connectivity index (χ1n) is 6.52. The summed E-state index contributed by atoms with van der Waals surface area (Å²) in [6.45, 7) is 1.71. The maximum absolute atomic E-state index is 12.4. The number of anilines is 1. The predicted octanol–water partition coefficient (Wildman–Crippen LogP) is 1.19. The second kappa shape index (κ2) is 4.28. The number of nitrogens with zero attached hydrogens (tertiary/aromatic N) is 2. The van der Waals surface area contributed by atoms with E-state index in [9.17, 15) is 4.79 Å². The van der Waals surface area contributed by atoms with Crippen molar-refractivity contribution in [1.29, 1.82) is 0 Å². The van der Waals surface area contributed by atoms with Crippen molar-refractivity contribution in [1.82, 2.24) is 9.80 Å². The molecule has 3 rings (SSSR count). The van der Waals surface area contributed by atoms with E-state index >= 15 is 0 Å². The van der Waals surface area contributed by atoms with Crippen LogP contribution < -0.4 is 5.73 Å². The number of piperazine rings is 1. The monoisotopic (exact) mass is 245 g/mol. The van der Waals surface area contributed by atoms with Crippen LogP contribution in [0.2, 0.25) is 0 Å². The Morgan fingerprint density at radius 1 is 1.17 bits per heavy atom. The van der Waals surface area contributed by atoms with Gasteiger partial charge >= 0.3 is 0 Å². The largest absolute Gasteiger partial charge is 0.399 e. The van der Waals surface area contributed by atoms with Crippen molar-refractivity contribution in [2.45, 2.75) is 24.9 Å². The van der Waals surface area contributed by atoms with Crippen LogP contribution in [0.1, 0.15) is 23.2 Å². The summed E-state index contributed by atoms with van der Waals surface area (Å²) < 4.78 is 0. The molecule has 2 aliphatic heterocycles. The summed E-state index contributed by atoms with van der Waals surface area (Å²) in [4.78, 5) is 16.8. The number of hydrogen-bond donors (Lipinski definition) is 1. The Hall–Kier alpha value is -1.55. The number of carbonyl (C=O) groups is 1. The molecule has 2 aliphatic rings. The molecule has 0 aliphatic carbocycles. The van der Waals surface area contributed by atoms with E-state index in [1.165, 1.54) is 12.8 Å². The highest BCUT2D eigenvalue weighted by atomic mass is 16.2. The third-order valence-corrected chi connectivity index (χ3v) is 4.29. The Balaban J connectivity index is 1.76. The molecule has 0 radical (unpaired) electrons. The highest BCUT2D eigenvalue weighted by Crippen LogP contribution is 2.29. The molecule has 96 valence electrons. The van der Waals surface area contributed by atoms with Crippen LogP contribution in [0.25, 0.3) is 0 Å². The molecular weight excluding hydrogens is 226 g/mol. The standard InChI is InChI=1S/C14H19N3O/c1-16-12-6-7-13(16)9-17(8-12)14(18)10-2-4-11(15)5-3-10/h2-5,12-13H,6-9,15H2,1H3. The van der Waals surface area contributed by atoms with Crippen molar-refractivity contribution in [3.05, 3.63) is 29.8 Å². The molecule has 1 amide bonds. The molecule has 2 atom stereocenters. The number of amides is 1. The second-order valence-corrected chi connectivity index (χ2v) is 5.38. The minimum Gasteiger partial charge on any atom is -0.399 e. The number of carbonyl (C=O) groups excluding carboxylic acids is 1. The summed E-state index contributed by atoms with van der Waals surface area (Å²) in [5, 5.41) is 0. The average molecular weight is 245 g/mol. The van der Waals surface area contributed by atoms with Gasteiger partial charge in [0.15, 0.2) is 0 Å². The van der Waals surface area contributed by atoms with Gasteiger partial charge in [0.25, 0.3) is 5.91 Å². The molecular formula is C14H19N3O. The lowest BCUT2D eigenvalue weighted by molar-refractivity contribution is 0.0524. The van der Waals surface area contributed by atoms with Crippen molar-refractivity contribution in [2.75, 3.05) is 25.9 Å². The minimum atomic E-state index is 0.139. The van der Waals surface area contributed by atoms with Crippen molar-refractivity contribution in [3.63, 3.8) is 0 Å². The summed E-state index contributed by atoms with van der Waals surface area (Å²) >= 11 is 0. The summed E-state index contributed by atoms with van der Waals surface area (Å²) in [5.74, 6) is 0.139. The molecule has 4 nitrogen and oxygen atoms in total. The molecule has 2 saturated heterocycles. The molecule has 18 heavy (non-hydrogen) atoms. The van der Waals surface area contributed by atoms with E-state index in [1.54, 1.807) is 12.1 Å². The fraction of sp³-hybridized carbons (Fsp3) is 0.500. The van der Waals surface area contributed by atoms with Crippen LogP contribution in [0.15, 0.2) is 24.3 Å². The third-order valence-electron chi connectivity index (χ3n) is 4.29. The summed E-state index contributed by atoms with van der Waals surface area (Å²) in [6, 6.07) is 8.30. The maximum Gasteiger partial charge on any atom is 0.253 e. The number of hydrogen-bond acceptors (Lipinski definition) is 3. The lowest BCUT2D eigenvalue weighted by atomic mass is 10.1. The van der Waals surface area contributed by atoms with E-state index in [0.717, 1.165) is 18.7 Å². The van der Waals surface area contributed by atoms with Gasteiger partial charge < -0.3 is 10.6 Å². The first kappa shape index (κ1) is 11.5. The van der Waals surface area contributed by atoms with Crippen LogP contribution in [-0.2, 0) is 0 Å². The minimum absolute atomic E-state index is 0.139. The highest BCUT2D eigenvalue weighted by Gasteiger charge is 2.39. The fourth-order valence-corrected chi connectivity index (χ4v) is 3.09. The Morgan fingerprint density at radius 3 is 2.28 bits per heavy atom. The van der Waals surface area contributed by atoms with E-state index in [4.69, 9.17) is 5.73 Å². The number of benzene rings is 1. The van der Waals surface area contributed by atoms with Gasteiger partial charge in [-0.2, -0.15) is 0 Å². The molecule has 2 fully saturated rings. The Labute approximate surface area is 107 Å². The van der Waals surface area contributed by atoms with Crippen LogP contribution in [0.4, 0.5) is 5.69 Å². The molecule has 4 heteroatoms. The van der Waals surface area contributed by atoms with Gasteiger partial charge in [-0.3, -0.25) is 9.69 Å². The number of fused-ring (bicyclic) bond motifs is 2. The van der Waals surface area contributed by atoms with E-state index in [0.29, 0.717) is 17.8 Å². The first-order chi connectivity index (χ1) is 8.65. The van der Waals surface area contributed by atoms with E-state index in [-0.39, 0.29) is 5.91 Å². The lowest BCUT2D eigenvalue weighted by Gasteiger charge is -2.38. The molecule has 0 aromatic heterocycles. The Bertz CT molecular complexity index is 443. The van der Waals surface area contributed by atoms with Crippen molar-refractivity contribution in [2.24, 2.45) is 0 Å². The SMILES string of the molecule is CN1C2CCC1CN(C(=O)c1ccc(N)cc1)C2. The zero-order chi connectivity index (χ0) is 12.7. The number of nitrogens with two attached hydrogens (primary N) is 1. The van der Waals surface area contributed by atoms with Crippen molar-refractivity contribution >= 4 is 11.6 Å². The predicted molar refractivity (Wildman–Crippen MR) is 71.3 cm³/mol. The maximum atomic E-state index is 12.4. The molecule has 2 N–H and O–H groups in total. The Kier molecular flexibility index (Phi) is 2.74. The average Bonchev–Trinajstić information content (AvgIpc) is 2.62. The highest BCUT2D eigenvalue weighted by molar-refractivity contribution is 5.94. The molecule has 2 unspecified atom stereocenters. The Morgan fingerprint density at radius 2 is 1.72 bits per heavy atom. The fourth-order valence-electron chi connectivity index (χ4n) is 3.09. The normalized spacial score (nSPS) is 27.5. The topological polar surface area (TPSA) is 49.6 Å². The molecule has 1 aromatic carbocycles. The van der Waals surface area contributed by atoms with Gasteiger partial charge in [0.2, 0.25) is 0 Å². The van der Waals surface area contributed by atoms with Gasteiger partial charge in [0, 0.05) is 36.4 Å². The molecule has 0 saturated carbocycles. The van der Waals surface area contributed by atoms with Gasteiger partial charge in [-0.1, -0.05) is 0 Å². The zero-order valence-electron chi connectivity index (χ0n) is 10.7. The van der Waals surface area contributed by atoms with Gasteiger partial charge in [0.05, 0.1) is 0 Å². The smallest absolute Gasteiger partial charge is 0.253 e. The van der Waals surface area contributed by atoms with Crippen LogP contribution >= 0.6 is 0 Å². The summed E-state index contributed by atoms with van der Waals surface area (Å²) in [6.07, 6.45) is 2.43. The van der Waals surface area contributed by atoms with E-state index in [1.807, 2.05) is 17.0 Å². The molecule has 0 spiro atoms. The molecule has 1 aromatic rings. The van der Waals surface area contributed by atoms with Gasteiger partial charge in [-0.25, -0.2) is 0 Å². The second-order valence-electron chi connectivity index (χ2n) is 5.38. The van der Waals surface area contributed by atoms with Crippen LogP contribution in [-0.4, -0.2) is 47.9 Å². The molecule has 2 bridgehead atoms. The molecule has 2 heterocycles. The summed E-state index contributed by atoms with van der Waals surface area (Å²) in [7, 11) is 2.17. The van der Waals surface area contributed by atoms with Gasteiger partial charge in [-0.05, 0) is 44.2 Å². The van der Waals surface area contributed by atoms with Crippen LogP contribution in [0, 0.1) is 0 Å². The lowest BCUT2D eigenvalue weighted by Crippen LogP contribution is -2.53. The first-order valence-corrected chi connectivity index (χ1v) is 6.52. The number of rotatable bonds is 1.